The van der Waals surface area contributed by atoms with Crippen molar-refractivity contribution in [3.63, 3.8) is 0 Å². The van der Waals surface area contributed by atoms with E-state index in [1.165, 1.54) is 6.07 Å². The van der Waals surface area contributed by atoms with E-state index in [-0.39, 0.29) is 17.0 Å². The minimum Gasteiger partial charge on any atom is -0.380 e. The van der Waals surface area contributed by atoms with Crippen molar-refractivity contribution in [1.82, 2.24) is 9.71 Å². The number of pyridine rings is 1. The molecule has 1 fully saturated rings. The number of rotatable bonds is 5. The van der Waals surface area contributed by atoms with Crippen molar-refractivity contribution in [2.45, 2.75) is 36.3 Å². The zero-order valence-electron chi connectivity index (χ0n) is 11.4. The zero-order chi connectivity index (χ0) is 14.8. The molecule has 2 N–H and O–H groups in total. The Balaban J connectivity index is 2.28. The van der Waals surface area contributed by atoms with Gasteiger partial charge in [-0.15, -0.1) is 0 Å². The molecule has 0 amide bonds. The average molecular weight is 364 g/mol. The molecule has 0 spiro atoms. The Labute approximate surface area is 127 Å². The van der Waals surface area contributed by atoms with Crippen LogP contribution < -0.4 is 10.0 Å². The fourth-order valence-electron chi connectivity index (χ4n) is 2.42. The molecule has 1 saturated carbocycles. The summed E-state index contributed by atoms with van der Waals surface area (Å²) in [5.74, 6) is 0.327. The lowest BCUT2D eigenvalue weighted by atomic mass is 10.2. The first kappa shape index (κ1) is 15.7. The molecule has 1 aliphatic rings. The average Bonchev–Trinajstić information content (AvgIpc) is 2.85. The third-order valence-corrected chi connectivity index (χ3v) is 5.34. The SMILES string of the molecule is CNc1ncc(Br)cc1S(=O)(=O)NC1CCCC1OC. The molecular weight excluding hydrogens is 346 g/mol. The summed E-state index contributed by atoms with van der Waals surface area (Å²) in [6, 6.07) is 1.35. The summed E-state index contributed by atoms with van der Waals surface area (Å²) in [5.41, 5.74) is 0. The van der Waals surface area contributed by atoms with Crippen molar-refractivity contribution < 1.29 is 13.2 Å². The Morgan fingerprint density at radius 1 is 1.45 bits per heavy atom. The number of hydrogen-bond acceptors (Lipinski definition) is 5. The lowest BCUT2D eigenvalue weighted by Crippen LogP contribution is -2.40. The summed E-state index contributed by atoms with van der Waals surface area (Å²) in [6.45, 7) is 0. The van der Waals surface area contributed by atoms with Crippen molar-refractivity contribution in [3.8, 4) is 0 Å². The summed E-state index contributed by atoms with van der Waals surface area (Å²) in [7, 11) is -0.387. The summed E-state index contributed by atoms with van der Waals surface area (Å²) < 4.78 is 33.7. The van der Waals surface area contributed by atoms with Gasteiger partial charge in [0.15, 0.2) is 0 Å². The first-order chi connectivity index (χ1) is 9.47. The third kappa shape index (κ3) is 3.30. The van der Waals surface area contributed by atoms with Crippen molar-refractivity contribution in [1.29, 1.82) is 0 Å². The van der Waals surface area contributed by atoms with Gasteiger partial charge in [0.2, 0.25) is 10.0 Å². The molecule has 2 atom stereocenters. The van der Waals surface area contributed by atoms with Crippen molar-refractivity contribution >= 4 is 31.8 Å². The minimum atomic E-state index is -3.64. The summed E-state index contributed by atoms with van der Waals surface area (Å²) in [4.78, 5) is 4.20. The first-order valence-electron chi connectivity index (χ1n) is 6.36. The lowest BCUT2D eigenvalue weighted by Gasteiger charge is -2.20. The topological polar surface area (TPSA) is 80.3 Å². The highest BCUT2D eigenvalue weighted by Crippen LogP contribution is 2.26. The second-order valence-electron chi connectivity index (χ2n) is 4.68. The molecule has 112 valence electrons. The zero-order valence-corrected chi connectivity index (χ0v) is 13.8. The minimum absolute atomic E-state index is 0.0667. The second-order valence-corrected chi connectivity index (χ2v) is 7.28. The van der Waals surface area contributed by atoms with Crippen molar-refractivity contribution in [2.24, 2.45) is 0 Å². The van der Waals surface area contributed by atoms with E-state index in [1.54, 1.807) is 20.4 Å². The van der Waals surface area contributed by atoms with E-state index in [2.05, 4.69) is 31.0 Å². The standard InChI is InChI=1S/C12H18BrN3O3S/c1-14-12-11(6-8(13)7-15-12)20(17,18)16-9-4-3-5-10(9)19-2/h6-7,9-10,16H,3-5H2,1-2H3,(H,14,15). The van der Waals surface area contributed by atoms with Gasteiger partial charge in [0.25, 0.3) is 0 Å². The molecule has 6 nitrogen and oxygen atoms in total. The lowest BCUT2D eigenvalue weighted by molar-refractivity contribution is 0.0916. The number of ether oxygens (including phenoxy) is 1. The molecular formula is C12H18BrN3O3S. The van der Waals surface area contributed by atoms with E-state index in [1.807, 2.05) is 0 Å². The molecule has 1 heterocycles. The molecule has 0 radical (unpaired) electrons. The number of sulfonamides is 1. The molecule has 20 heavy (non-hydrogen) atoms. The van der Waals surface area contributed by atoms with Gasteiger partial charge in [-0.1, -0.05) is 0 Å². The highest BCUT2D eigenvalue weighted by molar-refractivity contribution is 9.10. The van der Waals surface area contributed by atoms with Gasteiger partial charge >= 0.3 is 0 Å². The van der Waals surface area contributed by atoms with Crippen LogP contribution in [0.4, 0.5) is 5.82 Å². The van der Waals surface area contributed by atoms with E-state index in [0.717, 1.165) is 19.3 Å². The van der Waals surface area contributed by atoms with Crippen LogP contribution in [-0.4, -0.2) is 39.7 Å². The Morgan fingerprint density at radius 2 is 2.20 bits per heavy atom. The molecule has 1 aliphatic carbocycles. The monoisotopic (exact) mass is 363 g/mol. The van der Waals surface area contributed by atoms with Crippen LogP contribution in [0, 0.1) is 0 Å². The summed E-state index contributed by atoms with van der Waals surface area (Å²) in [6.07, 6.45) is 4.11. The summed E-state index contributed by atoms with van der Waals surface area (Å²) >= 11 is 3.25. The second kappa shape index (κ2) is 6.38. The molecule has 0 saturated heterocycles. The molecule has 1 aromatic heterocycles. The molecule has 0 aliphatic heterocycles. The predicted molar refractivity (Wildman–Crippen MR) is 80.2 cm³/mol. The third-order valence-electron chi connectivity index (χ3n) is 3.41. The summed E-state index contributed by atoms with van der Waals surface area (Å²) in [5, 5.41) is 2.80. The van der Waals surface area contributed by atoms with E-state index in [9.17, 15) is 8.42 Å². The number of anilines is 1. The van der Waals surface area contributed by atoms with Gasteiger partial charge in [-0.05, 0) is 41.3 Å². The highest BCUT2D eigenvalue weighted by Gasteiger charge is 2.32. The van der Waals surface area contributed by atoms with Gasteiger partial charge in [-0.25, -0.2) is 18.1 Å². The van der Waals surface area contributed by atoms with Crippen LogP contribution in [-0.2, 0) is 14.8 Å². The van der Waals surface area contributed by atoms with Gasteiger partial charge in [0, 0.05) is 30.9 Å². The Bertz CT molecular complexity index is 579. The van der Waals surface area contributed by atoms with Crippen LogP contribution >= 0.6 is 15.9 Å². The number of nitrogens with one attached hydrogen (secondary N) is 2. The van der Waals surface area contributed by atoms with Crippen LogP contribution in [0.25, 0.3) is 0 Å². The van der Waals surface area contributed by atoms with Gasteiger partial charge < -0.3 is 10.1 Å². The highest BCUT2D eigenvalue weighted by atomic mass is 79.9. The quantitative estimate of drug-likeness (QED) is 0.832. The van der Waals surface area contributed by atoms with Gasteiger partial charge in [-0.2, -0.15) is 0 Å². The van der Waals surface area contributed by atoms with Crippen LogP contribution in [0.2, 0.25) is 0 Å². The number of nitrogens with zero attached hydrogens (tertiary/aromatic N) is 1. The molecule has 0 aromatic carbocycles. The van der Waals surface area contributed by atoms with Gasteiger partial charge in [-0.3, -0.25) is 0 Å². The van der Waals surface area contributed by atoms with Gasteiger partial charge in [0.05, 0.1) is 6.10 Å². The van der Waals surface area contributed by atoms with E-state index >= 15 is 0 Å². The van der Waals surface area contributed by atoms with Crippen LogP contribution in [0.3, 0.4) is 0 Å². The molecule has 2 rings (SSSR count). The molecule has 8 heteroatoms. The van der Waals surface area contributed by atoms with E-state index in [4.69, 9.17) is 4.74 Å². The normalized spacial score (nSPS) is 22.9. The van der Waals surface area contributed by atoms with Crippen LogP contribution in [0.15, 0.2) is 21.6 Å². The van der Waals surface area contributed by atoms with Crippen LogP contribution in [0.1, 0.15) is 19.3 Å². The maximum absolute atomic E-state index is 12.5. The molecule has 1 aromatic rings. The maximum Gasteiger partial charge on any atom is 0.244 e. The number of methoxy groups -OCH3 is 1. The number of halogens is 1. The Hall–Kier alpha value is -0.700. The van der Waals surface area contributed by atoms with Crippen molar-refractivity contribution in [2.75, 3.05) is 19.5 Å². The fourth-order valence-corrected chi connectivity index (χ4v) is 4.39. The van der Waals surface area contributed by atoms with E-state index < -0.39 is 10.0 Å². The smallest absolute Gasteiger partial charge is 0.244 e. The molecule has 0 bridgehead atoms. The predicted octanol–water partition coefficient (Wildman–Crippen LogP) is 1.73. The van der Waals surface area contributed by atoms with Crippen molar-refractivity contribution in [3.05, 3.63) is 16.7 Å². The largest absolute Gasteiger partial charge is 0.380 e. The van der Waals surface area contributed by atoms with Gasteiger partial charge in [0.1, 0.15) is 10.7 Å². The Kier molecular flexibility index (Phi) is 5.00. The fraction of sp³-hybridized carbons (Fsp3) is 0.583. The number of aromatic nitrogens is 1. The van der Waals surface area contributed by atoms with Crippen LogP contribution in [0.5, 0.6) is 0 Å². The maximum atomic E-state index is 12.5. The number of hydrogen-bond donors (Lipinski definition) is 2. The van der Waals surface area contributed by atoms with E-state index in [0.29, 0.717) is 10.3 Å². The molecule has 2 unspecified atom stereocenters. The first-order valence-corrected chi connectivity index (χ1v) is 8.64. The Morgan fingerprint density at radius 3 is 2.85 bits per heavy atom.